The Morgan fingerprint density at radius 2 is 2.11 bits per heavy atom. The molecule has 0 aliphatic heterocycles. The quantitative estimate of drug-likeness (QED) is 0.690. The summed E-state index contributed by atoms with van der Waals surface area (Å²) in [5.74, 6) is -0.459. The monoisotopic (exact) mass is 368 g/mol. The van der Waals surface area contributed by atoms with E-state index in [1.807, 2.05) is 0 Å². The van der Waals surface area contributed by atoms with Gasteiger partial charge in [-0.25, -0.2) is 9.78 Å². The van der Waals surface area contributed by atoms with E-state index in [0.29, 0.717) is 17.0 Å². The van der Waals surface area contributed by atoms with Gasteiger partial charge in [0.05, 0.1) is 6.10 Å². The van der Waals surface area contributed by atoms with Crippen molar-refractivity contribution in [1.29, 1.82) is 0 Å². The smallest absolute Gasteiger partial charge is 0.342 e. The van der Waals surface area contributed by atoms with Crippen LogP contribution in [0.2, 0.25) is 0 Å². The number of aromatic nitrogens is 6. The number of nitrogens with zero attached hydrogens (tertiary/aromatic N) is 5. The normalized spacial score (nSPS) is 14.4. The number of carboxylic acids is 1. The Morgan fingerprint density at radius 1 is 1.30 bits per heavy atom. The molecule has 1 fully saturated rings. The van der Waals surface area contributed by atoms with Crippen LogP contribution in [0.5, 0.6) is 5.75 Å². The van der Waals surface area contributed by atoms with Gasteiger partial charge in [-0.1, -0.05) is 0 Å². The molecule has 3 aromatic rings. The fraction of sp³-hybridized carbons (Fsp3) is 0.294. The minimum absolute atomic E-state index is 0.152. The van der Waals surface area contributed by atoms with Crippen molar-refractivity contribution >= 4 is 5.97 Å². The molecule has 1 saturated carbocycles. The molecule has 0 amide bonds. The number of aromatic amines is 1. The van der Waals surface area contributed by atoms with Crippen LogP contribution in [-0.4, -0.2) is 47.4 Å². The largest absolute Gasteiger partial charge is 0.488 e. The van der Waals surface area contributed by atoms with Gasteiger partial charge in [0.15, 0.2) is 0 Å². The third-order valence-corrected chi connectivity index (χ3v) is 4.45. The summed E-state index contributed by atoms with van der Waals surface area (Å²) in [5, 5.41) is 20.2. The van der Waals surface area contributed by atoms with Crippen LogP contribution in [-0.2, 0) is 0 Å². The number of carboxylic acid groups (broad SMARTS) is 1. The number of rotatable bonds is 5. The average Bonchev–Trinajstić information content (AvgIpc) is 3.35. The molecule has 2 N–H and O–H groups in total. The van der Waals surface area contributed by atoms with Crippen LogP contribution < -0.4 is 10.3 Å². The molecule has 0 bridgehead atoms. The highest BCUT2D eigenvalue weighted by Crippen LogP contribution is 2.31. The van der Waals surface area contributed by atoms with Crippen molar-refractivity contribution < 1.29 is 14.6 Å². The van der Waals surface area contributed by atoms with Gasteiger partial charge < -0.3 is 14.8 Å². The number of benzene rings is 1. The van der Waals surface area contributed by atoms with Crippen molar-refractivity contribution in [2.45, 2.75) is 31.8 Å². The Labute approximate surface area is 152 Å². The summed E-state index contributed by atoms with van der Waals surface area (Å²) < 4.78 is 7.58. The van der Waals surface area contributed by atoms with E-state index in [1.54, 1.807) is 18.2 Å². The minimum Gasteiger partial charge on any atom is -0.488 e. The molecule has 27 heavy (non-hydrogen) atoms. The fourth-order valence-corrected chi connectivity index (χ4v) is 3.09. The maximum absolute atomic E-state index is 11.9. The number of hydrogen-bond acceptors (Lipinski definition) is 7. The van der Waals surface area contributed by atoms with Gasteiger partial charge >= 0.3 is 5.97 Å². The van der Waals surface area contributed by atoms with Crippen molar-refractivity contribution in [1.82, 2.24) is 30.2 Å². The summed E-state index contributed by atoms with van der Waals surface area (Å²) in [4.78, 5) is 29.5. The molecular weight excluding hydrogens is 352 g/mol. The van der Waals surface area contributed by atoms with Gasteiger partial charge in [0.1, 0.15) is 29.2 Å². The van der Waals surface area contributed by atoms with Crippen LogP contribution in [0.1, 0.15) is 36.0 Å². The first-order valence-electron chi connectivity index (χ1n) is 8.49. The molecular formula is C17H16N6O4. The van der Waals surface area contributed by atoms with E-state index >= 15 is 0 Å². The van der Waals surface area contributed by atoms with Crippen molar-refractivity contribution in [3.05, 3.63) is 46.6 Å². The Bertz CT molecular complexity index is 1020. The van der Waals surface area contributed by atoms with Crippen LogP contribution >= 0.6 is 0 Å². The summed E-state index contributed by atoms with van der Waals surface area (Å²) in [6, 6.07) is 5.26. The Hall–Kier alpha value is -3.56. The van der Waals surface area contributed by atoms with E-state index in [1.165, 1.54) is 11.0 Å². The predicted octanol–water partition coefficient (Wildman–Crippen LogP) is 1.43. The predicted molar refractivity (Wildman–Crippen MR) is 92.8 cm³/mol. The molecule has 0 radical (unpaired) electrons. The first-order valence-corrected chi connectivity index (χ1v) is 8.49. The molecule has 4 rings (SSSR count). The topological polar surface area (TPSA) is 136 Å². The maximum Gasteiger partial charge on any atom is 0.342 e. The molecule has 138 valence electrons. The van der Waals surface area contributed by atoms with Crippen molar-refractivity contribution in [3.63, 3.8) is 0 Å². The second kappa shape index (κ2) is 6.98. The number of ether oxygens (including phenoxy) is 1. The van der Waals surface area contributed by atoms with Crippen LogP contribution in [0.15, 0.2) is 35.5 Å². The first-order chi connectivity index (χ1) is 13.1. The van der Waals surface area contributed by atoms with Gasteiger partial charge in [0.2, 0.25) is 0 Å². The van der Waals surface area contributed by atoms with E-state index in [2.05, 4.69) is 25.5 Å². The van der Waals surface area contributed by atoms with Gasteiger partial charge in [-0.2, -0.15) is 4.68 Å². The highest BCUT2D eigenvalue weighted by molar-refractivity contribution is 5.86. The lowest BCUT2D eigenvalue weighted by Gasteiger charge is -2.17. The van der Waals surface area contributed by atoms with E-state index < -0.39 is 17.1 Å². The first kappa shape index (κ1) is 16.9. The van der Waals surface area contributed by atoms with Gasteiger partial charge in [-0.05, 0) is 54.3 Å². The van der Waals surface area contributed by atoms with Gasteiger partial charge in [-0.15, -0.1) is 5.10 Å². The third-order valence-electron chi connectivity index (χ3n) is 4.45. The summed E-state index contributed by atoms with van der Waals surface area (Å²) in [7, 11) is 0. The lowest BCUT2D eigenvalue weighted by atomic mass is 10.1. The van der Waals surface area contributed by atoms with E-state index in [4.69, 9.17) is 9.84 Å². The summed E-state index contributed by atoms with van der Waals surface area (Å²) >= 11 is 0. The summed E-state index contributed by atoms with van der Waals surface area (Å²) in [5.41, 5.74) is 0.0473. The zero-order chi connectivity index (χ0) is 18.8. The number of tetrazole rings is 1. The van der Waals surface area contributed by atoms with Crippen LogP contribution in [0.4, 0.5) is 0 Å². The van der Waals surface area contributed by atoms with Crippen LogP contribution in [0.3, 0.4) is 0 Å². The molecule has 10 heteroatoms. The van der Waals surface area contributed by atoms with Crippen molar-refractivity contribution in [2.24, 2.45) is 0 Å². The minimum atomic E-state index is -1.33. The van der Waals surface area contributed by atoms with Crippen LogP contribution in [0, 0.1) is 0 Å². The second-order valence-electron chi connectivity index (χ2n) is 6.24. The molecule has 1 aliphatic carbocycles. The lowest BCUT2D eigenvalue weighted by Crippen LogP contribution is -2.18. The number of hydrogen-bond donors (Lipinski definition) is 2. The molecule has 0 spiro atoms. The molecule has 2 aromatic heterocycles. The van der Waals surface area contributed by atoms with Gasteiger partial charge in [0.25, 0.3) is 5.56 Å². The Morgan fingerprint density at radius 3 is 2.78 bits per heavy atom. The standard InChI is InChI=1S/C17H16N6O4/c24-16-12(17(25)26)8-18-15(20-16)10-5-6-14(27-11-3-1-2-4-11)13(7-10)23-9-19-21-22-23/h5-9,11H,1-4H2,(H,25,26)(H,18,20,24). The molecule has 2 heterocycles. The van der Waals surface area contributed by atoms with Crippen molar-refractivity contribution in [3.8, 4) is 22.8 Å². The molecule has 0 atom stereocenters. The Balaban J connectivity index is 1.74. The zero-order valence-electron chi connectivity index (χ0n) is 14.2. The van der Waals surface area contributed by atoms with Gasteiger partial charge in [0, 0.05) is 11.8 Å². The zero-order valence-corrected chi connectivity index (χ0v) is 14.2. The van der Waals surface area contributed by atoms with Gasteiger partial charge in [-0.3, -0.25) is 4.79 Å². The number of carbonyl (C=O) groups is 1. The molecule has 1 aliphatic rings. The fourth-order valence-electron chi connectivity index (χ4n) is 3.09. The summed E-state index contributed by atoms with van der Waals surface area (Å²) in [6.07, 6.45) is 6.93. The highest BCUT2D eigenvalue weighted by Gasteiger charge is 2.20. The second-order valence-corrected chi connectivity index (χ2v) is 6.24. The third kappa shape index (κ3) is 3.41. The van der Waals surface area contributed by atoms with Crippen LogP contribution in [0.25, 0.3) is 17.1 Å². The Kier molecular flexibility index (Phi) is 4.37. The average molecular weight is 368 g/mol. The molecule has 0 saturated heterocycles. The lowest BCUT2D eigenvalue weighted by molar-refractivity contribution is 0.0694. The maximum atomic E-state index is 11.9. The van der Waals surface area contributed by atoms with Crippen molar-refractivity contribution in [2.75, 3.05) is 0 Å². The van der Waals surface area contributed by atoms with E-state index in [-0.39, 0.29) is 11.9 Å². The molecule has 10 nitrogen and oxygen atoms in total. The number of H-pyrrole nitrogens is 1. The molecule has 0 unspecified atom stereocenters. The van der Waals surface area contributed by atoms with E-state index in [0.717, 1.165) is 31.9 Å². The summed E-state index contributed by atoms with van der Waals surface area (Å²) in [6.45, 7) is 0. The number of aromatic carboxylic acids is 1. The molecule has 1 aromatic carbocycles. The SMILES string of the molecule is O=C(O)c1cnc(-c2ccc(OC3CCCC3)c(-n3cnnn3)c2)[nH]c1=O. The number of nitrogens with one attached hydrogen (secondary N) is 1. The highest BCUT2D eigenvalue weighted by atomic mass is 16.5. The van der Waals surface area contributed by atoms with E-state index in [9.17, 15) is 9.59 Å².